The minimum absolute atomic E-state index is 0.583. The first-order chi connectivity index (χ1) is 10.9. The van der Waals surface area contributed by atoms with Crippen molar-refractivity contribution in [2.45, 2.75) is 0 Å². The summed E-state index contributed by atoms with van der Waals surface area (Å²) in [5, 5.41) is 4.57. The van der Waals surface area contributed by atoms with E-state index in [1.54, 1.807) is 0 Å². The average molecular weight is 434 g/mol. The molecule has 3 aromatic rings. The fourth-order valence-corrected chi connectivity index (χ4v) is 22.4. The van der Waals surface area contributed by atoms with Gasteiger partial charge in [-0.3, -0.25) is 0 Å². The van der Waals surface area contributed by atoms with Crippen molar-refractivity contribution < 1.29 is 15.3 Å². The molecule has 3 unspecified atom stereocenters. The van der Waals surface area contributed by atoms with E-state index >= 15 is 0 Å². The summed E-state index contributed by atoms with van der Waals surface area (Å²) in [6, 6.07) is 33.1. The van der Waals surface area contributed by atoms with E-state index in [1.807, 2.05) is 0 Å². The van der Waals surface area contributed by atoms with Gasteiger partial charge in [-0.25, -0.2) is 0 Å². The Morgan fingerprint density at radius 3 is 0.955 bits per heavy atom. The van der Waals surface area contributed by atoms with Gasteiger partial charge in [0.15, 0.2) is 0 Å². The van der Waals surface area contributed by atoms with Gasteiger partial charge in [0.25, 0.3) is 0 Å². The van der Waals surface area contributed by atoms with Crippen LogP contribution in [0.4, 0.5) is 0 Å². The van der Waals surface area contributed by atoms with E-state index in [2.05, 4.69) is 91.0 Å². The molecule has 3 rings (SSSR count). The van der Waals surface area contributed by atoms with Gasteiger partial charge in [-0.2, -0.15) is 0 Å². The number of benzene rings is 3. The van der Waals surface area contributed by atoms with Crippen LogP contribution in [0.15, 0.2) is 91.0 Å². The molecule has 0 fully saturated rings. The Bertz CT molecular complexity index is 576. The first kappa shape index (κ1) is 16.5. The first-order valence-corrected chi connectivity index (χ1v) is 16.4. The van der Waals surface area contributed by atoms with E-state index in [0.29, 0.717) is 0 Å². The third-order valence-corrected chi connectivity index (χ3v) is 20.8. The fourth-order valence-electron chi connectivity index (χ4n) is 1.81. The normalized spacial score (nSPS) is 12.8. The van der Waals surface area contributed by atoms with Gasteiger partial charge in [0.05, 0.1) is 0 Å². The van der Waals surface area contributed by atoms with E-state index < -0.39 is 15.3 Å². The zero-order chi connectivity index (χ0) is 15.0. The molecule has 0 aromatic heterocycles. The zero-order valence-electron chi connectivity index (χ0n) is 12.0. The molecule has 0 spiro atoms. The van der Waals surface area contributed by atoms with E-state index in [-0.39, 0.29) is 0 Å². The van der Waals surface area contributed by atoms with Crippen LogP contribution < -0.4 is 15.9 Å². The zero-order valence-corrected chi connectivity index (χ0v) is 16.5. The maximum absolute atomic E-state index is 2.29. The third kappa shape index (κ3) is 5.36. The molecule has 0 aliphatic rings. The quantitative estimate of drug-likeness (QED) is 0.400. The van der Waals surface area contributed by atoms with Crippen LogP contribution in [-0.2, 0) is 15.3 Å². The molecule has 0 aliphatic carbocycles. The Labute approximate surface area is 142 Å². The van der Waals surface area contributed by atoms with Crippen LogP contribution in [0.25, 0.3) is 0 Å². The second kappa shape index (κ2) is 9.04. The molecule has 0 heterocycles. The molecule has 0 saturated carbocycles. The molecule has 0 aliphatic heterocycles. The van der Waals surface area contributed by atoms with Crippen molar-refractivity contribution in [3.63, 3.8) is 0 Å². The molecule has 3 atom stereocenters. The van der Waals surface area contributed by atoms with Gasteiger partial charge in [-0.15, -0.1) is 0 Å². The van der Waals surface area contributed by atoms with Crippen molar-refractivity contribution in [2.24, 2.45) is 0 Å². The molecule has 0 radical (unpaired) electrons. The standard InChI is InChI=1S/3C6H6P.Pd/c3*7-6-4-2-1-3-5-6;/h3*1-5,7H;/q3*-1;+3. The summed E-state index contributed by atoms with van der Waals surface area (Å²) < 4.78 is 0. The molecule has 0 amide bonds. The second-order valence-corrected chi connectivity index (χ2v) is 22.7. The summed E-state index contributed by atoms with van der Waals surface area (Å²) in [6.45, 7) is 2.96. The summed E-state index contributed by atoms with van der Waals surface area (Å²) >= 11 is -0.583. The fraction of sp³-hybridized carbons (Fsp3) is 0. The molecule has 0 nitrogen and oxygen atoms in total. The predicted molar refractivity (Wildman–Crippen MR) is 103 cm³/mol. The van der Waals surface area contributed by atoms with Gasteiger partial charge in [0.1, 0.15) is 0 Å². The Morgan fingerprint density at radius 2 is 0.682 bits per heavy atom. The molecular weight excluding hydrogens is 416 g/mol. The minimum atomic E-state index is -0.583. The van der Waals surface area contributed by atoms with Crippen LogP contribution in [0.2, 0.25) is 0 Å². The molecule has 0 bridgehead atoms. The molecule has 22 heavy (non-hydrogen) atoms. The van der Waals surface area contributed by atoms with Crippen LogP contribution in [0.1, 0.15) is 0 Å². The van der Waals surface area contributed by atoms with Crippen LogP contribution >= 0.6 is 20.3 Å². The number of hydrogen-bond acceptors (Lipinski definition) is 0. The van der Waals surface area contributed by atoms with E-state index in [1.165, 1.54) is 15.9 Å². The Kier molecular flexibility index (Phi) is 6.77. The first-order valence-electron chi connectivity index (χ1n) is 6.96. The Balaban J connectivity index is 1.75. The molecule has 0 saturated heterocycles. The summed E-state index contributed by atoms with van der Waals surface area (Å²) in [4.78, 5) is 0. The van der Waals surface area contributed by atoms with Crippen molar-refractivity contribution in [2.75, 3.05) is 0 Å². The topological polar surface area (TPSA) is 0 Å². The van der Waals surface area contributed by atoms with Crippen LogP contribution in [0, 0.1) is 0 Å². The second-order valence-electron chi connectivity index (χ2n) is 4.57. The summed E-state index contributed by atoms with van der Waals surface area (Å²) in [5.74, 6) is 0. The van der Waals surface area contributed by atoms with Crippen LogP contribution in [0.3, 0.4) is 0 Å². The Hall–Kier alpha value is -0.388. The molecule has 3 aromatic carbocycles. The van der Waals surface area contributed by atoms with Gasteiger partial charge in [0, 0.05) is 0 Å². The van der Waals surface area contributed by atoms with Crippen LogP contribution in [0.5, 0.6) is 0 Å². The molecule has 0 N–H and O–H groups in total. The molecule has 4 heteroatoms. The van der Waals surface area contributed by atoms with Gasteiger partial charge in [-0.05, 0) is 0 Å². The van der Waals surface area contributed by atoms with Crippen molar-refractivity contribution in [1.82, 2.24) is 0 Å². The van der Waals surface area contributed by atoms with E-state index in [9.17, 15) is 0 Å². The van der Waals surface area contributed by atoms with Gasteiger partial charge in [0.2, 0.25) is 0 Å². The predicted octanol–water partition coefficient (Wildman–Crippen LogP) is 4.36. The van der Waals surface area contributed by atoms with Gasteiger partial charge >= 0.3 is 142 Å². The van der Waals surface area contributed by atoms with Gasteiger partial charge in [-0.1, -0.05) is 0 Å². The summed E-state index contributed by atoms with van der Waals surface area (Å²) in [7, 11) is 0. The SMILES string of the molecule is c1ccc([PH][Pd]([PH]c2ccccc2)[PH]c2ccccc2)cc1. The monoisotopic (exact) mass is 433 g/mol. The van der Waals surface area contributed by atoms with Gasteiger partial charge < -0.3 is 0 Å². The van der Waals surface area contributed by atoms with Crippen molar-refractivity contribution in [1.29, 1.82) is 0 Å². The summed E-state index contributed by atoms with van der Waals surface area (Å²) in [6.07, 6.45) is 0. The number of hydrogen-bond donors (Lipinski definition) is 0. The molecule has 115 valence electrons. The summed E-state index contributed by atoms with van der Waals surface area (Å²) in [5.41, 5.74) is 0. The molecular formula is C18H18P3Pd. The van der Waals surface area contributed by atoms with Crippen molar-refractivity contribution in [3.8, 4) is 0 Å². The van der Waals surface area contributed by atoms with Crippen molar-refractivity contribution in [3.05, 3.63) is 91.0 Å². The van der Waals surface area contributed by atoms with Crippen molar-refractivity contribution >= 4 is 36.2 Å². The maximum atomic E-state index is 2.29. The average Bonchev–Trinajstić information content (AvgIpc) is 2.57. The van der Waals surface area contributed by atoms with Crippen LogP contribution in [-0.4, -0.2) is 0 Å². The Morgan fingerprint density at radius 1 is 0.409 bits per heavy atom. The third-order valence-electron chi connectivity index (χ3n) is 2.83. The van der Waals surface area contributed by atoms with E-state index in [4.69, 9.17) is 0 Å². The number of rotatable bonds is 6. The van der Waals surface area contributed by atoms with E-state index in [0.717, 1.165) is 20.3 Å².